The summed E-state index contributed by atoms with van der Waals surface area (Å²) >= 11 is 0. The Labute approximate surface area is 203 Å². The van der Waals surface area contributed by atoms with Crippen molar-refractivity contribution in [1.29, 1.82) is 0 Å². The maximum absolute atomic E-state index is 13.3. The van der Waals surface area contributed by atoms with E-state index < -0.39 is 16.8 Å². The molecule has 0 saturated carbocycles. The second-order valence-corrected chi connectivity index (χ2v) is 9.58. The molecule has 0 unspecified atom stereocenters. The maximum atomic E-state index is 13.3. The van der Waals surface area contributed by atoms with Crippen LogP contribution in [0.1, 0.15) is 45.1 Å². The molecule has 182 valence electrons. The summed E-state index contributed by atoms with van der Waals surface area (Å²) in [5.41, 5.74) is 2.60. The van der Waals surface area contributed by atoms with E-state index >= 15 is 0 Å². The molecule has 0 fully saturated rings. The number of nitrogens with zero attached hydrogens (tertiary/aromatic N) is 1. The fourth-order valence-corrected chi connectivity index (χ4v) is 4.72. The van der Waals surface area contributed by atoms with Crippen LogP contribution in [0.5, 0.6) is 5.75 Å². The predicted molar refractivity (Wildman–Crippen MR) is 130 cm³/mol. The summed E-state index contributed by atoms with van der Waals surface area (Å²) in [5.74, 6) is -0.595. The molecule has 1 N–H and O–H groups in total. The van der Waals surface area contributed by atoms with E-state index in [1.54, 1.807) is 19.1 Å². The second-order valence-electron chi connectivity index (χ2n) is 9.58. The van der Waals surface area contributed by atoms with E-state index in [4.69, 9.17) is 9.47 Å². The Hall–Kier alpha value is -3.94. The molecular weight excluding hydrogens is 448 g/mol. The number of Topliss-reactive ketones (excluding diaryl/α,β-unsaturated/α-hetero) is 1. The first-order chi connectivity index (χ1) is 16.7. The van der Waals surface area contributed by atoms with E-state index in [1.807, 2.05) is 44.2 Å². The normalized spacial score (nSPS) is 19.1. The van der Waals surface area contributed by atoms with Crippen LogP contribution in [0.4, 0.5) is 5.69 Å². The third-order valence-electron chi connectivity index (χ3n) is 6.23. The molecule has 8 nitrogen and oxygen atoms in total. The fraction of sp³-hybridized carbons (Fsp3) is 0.333. The Morgan fingerprint density at radius 2 is 1.77 bits per heavy atom. The summed E-state index contributed by atoms with van der Waals surface area (Å²) < 4.78 is 11.1. The van der Waals surface area contributed by atoms with Crippen molar-refractivity contribution in [2.45, 2.75) is 39.5 Å². The average Bonchev–Trinajstić information content (AvgIpc) is 2.80. The van der Waals surface area contributed by atoms with Crippen LogP contribution in [0.3, 0.4) is 0 Å². The zero-order valence-electron chi connectivity index (χ0n) is 20.0. The van der Waals surface area contributed by atoms with Crippen molar-refractivity contribution >= 4 is 17.4 Å². The number of benzene rings is 2. The maximum Gasteiger partial charge on any atom is 0.336 e. The van der Waals surface area contributed by atoms with Gasteiger partial charge in [0.15, 0.2) is 5.78 Å². The highest BCUT2D eigenvalue weighted by Gasteiger charge is 2.43. The standard InChI is InChI=1S/C27H28N2O6/c1-17-23(26(31)35-14-13-34-20-7-5-4-6-8-20)24(18-9-11-19(12-10-18)29(32)33)25-21(28-17)15-27(2,3)16-22(25)30/h4-12,24,28H,13-16H2,1-3H3/t24-/m1/s1. The van der Waals surface area contributed by atoms with Gasteiger partial charge >= 0.3 is 5.97 Å². The number of nitro benzene ring substituents is 1. The molecule has 1 atom stereocenters. The third kappa shape index (κ3) is 5.26. The molecule has 0 radical (unpaired) electrons. The van der Waals surface area contributed by atoms with Gasteiger partial charge < -0.3 is 14.8 Å². The van der Waals surface area contributed by atoms with Crippen molar-refractivity contribution in [1.82, 2.24) is 5.32 Å². The highest BCUT2D eigenvalue weighted by Crippen LogP contribution is 2.46. The molecule has 2 aliphatic rings. The van der Waals surface area contributed by atoms with Crippen LogP contribution in [0.25, 0.3) is 0 Å². The molecule has 35 heavy (non-hydrogen) atoms. The molecular formula is C27H28N2O6. The number of allylic oxidation sites excluding steroid dienone is 3. The molecule has 2 aromatic carbocycles. The van der Waals surface area contributed by atoms with Gasteiger partial charge in [-0.25, -0.2) is 4.79 Å². The van der Waals surface area contributed by atoms with Crippen LogP contribution in [-0.2, 0) is 14.3 Å². The van der Waals surface area contributed by atoms with Gasteiger partial charge in [0.2, 0.25) is 0 Å². The monoisotopic (exact) mass is 476 g/mol. The lowest BCUT2D eigenvalue weighted by atomic mass is 9.68. The number of ether oxygens (including phenoxy) is 2. The van der Waals surface area contributed by atoms with Crippen molar-refractivity contribution in [2.75, 3.05) is 13.2 Å². The quantitative estimate of drug-likeness (QED) is 0.264. The lowest BCUT2D eigenvalue weighted by molar-refractivity contribution is -0.384. The topological polar surface area (TPSA) is 108 Å². The molecule has 1 aliphatic heterocycles. The Bertz CT molecular complexity index is 1210. The number of rotatable bonds is 7. The number of nitro groups is 1. The number of ketones is 1. The Balaban J connectivity index is 1.62. The van der Waals surface area contributed by atoms with Crippen molar-refractivity contribution in [3.63, 3.8) is 0 Å². The number of carbonyl (C=O) groups excluding carboxylic acids is 2. The molecule has 1 aliphatic carbocycles. The van der Waals surface area contributed by atoms with Crippen LogP contribution in [0, 0.1) is 15.5 Å². The summed E-state index contributed by atoms with van der Waals surface area (Å²) in [6, 6.07) is 15.2. The van der Waals surface area contributed by atoms with Crippen LogP contribution >= 0.6 is 0 Å². The average molecular weight is 477 g/mol. The Morgan fingerprint density at radius 3 is 2.43 bits per heavy atom. The number of nitrogens with one attached hydrogen (secondary N) is 1. The lowest BCUT2D eigenvalue weighted by Crippen LogP contribution is -2.38. The molecule has 0 spiro atoms. The minimum atomic E-state index is -0.668. The summed E-state index contributed by atoms with van der Waals surface area (Å²) in [4.78, 5) is 37.2. The first kappa shape index (κ1) is 24.2. The third-order valence-corrected chi connectivity index (χ3v) is 6.23. The van der Waals surface area contributed by atoms with Gasteiger partial charge in [-0.05, 0) is 36.5 Å². The van der Waals surface area contributed by atoms with E-state index in [0.717, 1.165) is 5.70 Å². The zero-order valence-corrected chi connectivity index (χ0v) is 20.0. The van der Waals surface area contributed by atoms with Gasteiger partial charge in [0.1, 0.15) is 19.0 Å². The summed E-state index contributed by atoms with van der Waals surface area (Å²) in [7, 11) is 0. The van der Waals surface area contributed by atoms with Crippen LogP contribution in [-0.4, -0.2) is 29.9 Å². The van der Waals surface area contributed by atoms with Crippen molar-refractivity contribution in [3.8, 4) is 5.75 Å². The minimum Gasteiger partial charge on any atom is -0.490 e. The van der Waals surface area contributed by atoms with Gasteiger partial charge in [0, 0.05) is 41.4 Å². The van der Waals surface area contributed by atoms with Gasteiger partial charge in [0.05, 0.1) is 10.5 Å². The number of hydrogen-bond acceptors (Lipinski definition) is 7. The van der Waals surface area contributed by atoms with E-state index in [-0.39, 0.29) is 30.1 Å². The van der Waals surface area contributed by atoms with E-state index in [2.05, 4.69) is 5.32 Å². The predicted octanol–water partition coefficient (Wildman–Crippen LogP) is 4.82. The van der Waals surface area contributed by atoms with Crippen molar-refractivity contribution < 1.29 is 24.0 Å². The van der Waals surface area contributed by atoms with Gasteiger partial charge in [-0.3, -0.25) is 14.9 Å². The van der Waals surface area contributed by atoms with E-state index in [0.29, 0.717) is 41.0 Å². The smallest absolute Gasteiger partial charge is 0.336 e. The minimum absolute atomic E-state index is 0.0321. The summed E-state index contributed by atoms with van der Waals surface area (Å²) in [5, 5.41) is 14.4. The number of dihydropyridines is 1. The molecule has 8 heteroatoms. The number of para-hydroxylation sites is 1. The first-order valence-electron chi connectivity index (χ1n) is 11.5. The second kappa shape index (κ2) is 9.74. The van der Waals surface area contributed by atoms with Gasteiger partial charge in [-0.2, -0.15) is 0 Å². The van der Waals surface area contributed by atoms with E-state index in [1.165, 1.54) is 12.1 Å². The molecule has 0 aromatic heterocycles. The molecule has 0 saturated heterocycles. The SMILES string of the molecule is CC1=C(C(=O)OCCOc2ccccc2)[C@@H](c2ccc([N+](=O)[O-])cc2)C2=C(CC(C)(C)CC2=O)N1. The van der Waals surface area contributed by atoms with Crippen molar-refractivity contribution in [3.05, 3.63) is 92.8 Å². The highest BCUT2D eigenvalue weighted by atomic mass is 16.6. The van der Waals surface area contributed by atoms with Crippen LogP contribution < -0.4 is 10.1 Å². The largest absolute Gasteiger partial charge is 0.490 e. The molecule has 0 bridgehead atoms. The lowest BCUT2D eigenvalue weighted by Gasteiger charge is -2.39. The number of non-ortho nitro benzene ring substituents is 1. The summed E-state index contributed by atoms with van der Waals surface area (Å²) in [6.45, 7) is 6.06. The Morgan fingerprint density at radius 1 is 1.09 bits per heavy atom. The molecule has 0 amide bonds. The number of carbonyl (C=O) groups is 2. The first-order valence-corrected chi connectivity index (χ1v) is 11.5. The van der Waals surface area contributed by atoms with E-state index in [9.17, 15) is 19.7 Å². The zero-order chi connectivity index (χ0) is 25.2. The summed E-state index contributed by atoms with van der Waals surface area (Å²) in [6.07, 6.45) is 1.01. The van der Waals surface area contributed by atoms with Gasteiger partial charge in [-0.1, -0.05) is 44.2 Å². The molecule has 1 heterocycles. The Kier molecular flexibility index (Phi) is 6.73. The number of hydrogen-bond donors (Lipinski definition) is 1. The van der Waals surface area contributed by atoms with Gasteiger partial charge in [0.25, 0.3) is 5.69 Å². The fourth-order valence-electron chi connectivity index (χ4n) is 4.72. The highest BCUT2D eigenvalue weighted by molar-refractivity contribution is 6.04. The molecule has 2 aromatic rings. The van der Waals surface area contributed by atoms with Crippen LogP contribution in [0.15, 0.2) is 77.1 Å². The van der Waals surface area contributed by atoms with Crippen molar-refractivity contribution in [2.24, 2.45) is 5.41 Å². The van der Waals surface area contributed by atoms with Gasteiger partial charge in [-0.15, -0.1) is 0 Å². The molecule has 4 rings (SSSR count). The van der Waals surface area contributed by atoms with Crippen LogP contribution in [0.2, 0.25) is 0 Å². The number of esters is 1.